The summed E-state index contributed by atoms with van der Waals surface area (Å²) in [7, 11) is 0. The van der Waals surface area contributed by atoms with Crippen LogP contribution in [0.1, 0.15) is 47.3 Å². The fourth-order valence-corrected chi connectivity index (χ4v) is 3.58. The standard InChI is InChI=1S/C19H25N7O2/c1-13-23-14(2)26(24-13)7-3-6-20-19(27)15-10-17-18(21-11-15)25(12-22-17)16-4-8-28-9-5-16/h10-12,16H,3-9H2,1-2H3,(H,20,27). The highest BCUT2D eigenvalue weighted by Gasteiger charge is 2.19. The van der Waals surface area contributed by atoms with Crippen LogP contribution in [0.3, 0.4) is 0 Å². The molecule has 0 spiro atoms. The quantitative estimate of drug-likeness (QED) is 0.652. The lowest BCUT2D eigenvalue weighted by Gasteiger charge is -2.23. The average molecular weight is 383 g/mol. The van der Waals surface area contributed by atoms with Crippen LogP contribution < -0.4 is 5.32 Å². The minimum Gasteiger partial charge on any atom is -0.381 e. The van der Waals surface area contributed by atoms with Crippen LogP contribution in [0.25, 0.3) is 11.2 Å². The van der Waals surface area contributed by atoms with E-state index in [0.717, 1.165) is 61.8 Å². The summed E-state index contributed by atoms with van der Waals surface area (Å²) in [4.78, 5) is 25.7. The smallest absolute Gasteiger partial charge is 0.252 e. The van der Waals surface area contributed by atoms with E-state index in [1.807, 2.05) is 24.9 Å². The lowest BCUT2D eigenvalue weighted by molar-refractivity contribution is 0.0704. The van der Waals surface area contributed by atoms with Gasteiger partial charge in [-0.1, -0.05) is 0 Å². The number of pyridine rings is 1. The molecule has 0 unspecified atom stereocenters. The molecule has 3 aromatic rings. The first-order valence-electron chi connectivity index (χ1n) is 9.68. The molecule has 28 heavy (non-hydrogen) atoms. The summed E-state index contributed by atoms with van der Waals surface area (Å²) in [6.45, 7) is 6.61. The van der Waals surface area contributed by atoms with Gasteiger partial charge in [0.1, 0.15) is 17.2 Å². The number of hydrogen-bond acceptors (Lipinski definition) is 6. The first-order valence-corrected chi connectivity index (χ1v) is 9.68. The summed E-state index contributed by atoms with van der Waals surface area (Å²) >= 11 is 0. The molecule has 1 amide bonds. The second-order valence-electron chi connectivity index (χ2n) is 7.10. The van der Waals surface area contributed by atoms with Crippen molar-refractivity contribution in [1.82, 2.24) is 34.6 Å². The minimum absolute atomic E-state index is 0.137. The highest BCUT2D eigenvalue weighted by molar-refractivity contribution is 5.96. The van der Waals surface area contributed by atoms with Crippen LogP contribution in [0.4, 0.5) is 0 Å². The van der Waals surface area contributed by atoms with Crippen LogP contribution in [0.5, 0.6) is 0 Å². The third-order valence-corrected chi connectivity index (χ3v) is 5.05. The maximum Gasteiger partial charge on any atom is 0.252 e. The SMILES string of the molecule is Cc1nc(C)n(CCCNC(=O)c2cnc3c(c2)ncn3C2CCOCC2)n1. The molecule has 1 aliphatic rings. The third kappa shape index (κ3) is 3.89. The highest BCUT2D eigenvalue weighted by atomic mass is 16.5. The number of aromatic nitrogens is 6. The number of imidazole rings is 1. The molecule has 1 fully saturated rings. The van der Waals surface area contributed by atoms with Crippen molar-refractivity contribution in [3.05, 3.63) is 35.8 Å². The molecule has 0 radical (unpaired) electrons. The van der Waals surface area contributed by atoms with Gasteiger partial charge in [0.25, 0.3) is 5.91 Å². The number of rotatable bonds is 6. The van der Waals surface area contributed by atoms with Gasteiger partial charge in [0, 0.05) is 38.5 Å². The number of ether oxygens (including phenoxy) is 1. The van der Waals surface area contributed by atoms with Gasteiger partial charge in [0.05, 0.1) is 11.9 Å². The van der Waals surface area contributed by atoms with Crippen molar-refractivity contribution in [3.8, 4) is 0 Å². The van der Waals surface area contributed by atoms with Gasteiger partial charge in [0.2, 0.25) is 0 Å². The van der Waals surface area contributed by atoms with Gasteiger partial charge in [-0.15, -0.1) is 0 Å². The minimum atomic E-state index is -0.137. The Hall–Kier alpha value is -2.81. The number of hydrogen-bond donors (Lipinski definition) is 1. The van der Waals surface area contributed by atoms with Crippen LogP contribution in [0.2, 0.25) is 0 Å². The molecule has 1 aliphatic heterocycles. The Bertz CT molecular complexity index is 972. The monoisotopic (exact) mass is 383 g/mol. The van der Waals surface area contributed by atoms with E-state index in [1.54, 1.807) is 12.3 Å². The Morgan fingerprint density at radius 2 is 2.11 bits per heavy atom. The van der Waals surface area contributed by atoms with E-state index in [2.05, 4.69) is 29.9 Å². The Labute approximate surface area is 163 Å². The molecule has 148 valence electrons. The van der Waals surface area contributed by atoms with Gasteiger partial charge < -0.3 is 14.6 Å². The molecule has 1 saturated heterocycles. The van der Waals surface area contributed by atoms with Crippen molar-refractivity contribution >= 4 is 17.1 Å². The summed E-state index contributed by atoms with van der Waals surface area (Å²) in [6, 6.07) is 2.16. The lowest BCUT2D eigenvalue weighted by Crippen LogP contribution is -2.25. The van der Waals surface area contributed by atoms with Crippen molar-refractivity contribution < 1.29 is 9.53 Å². The summed E-state index contributed by atoms with van der Waals surface area (Å²) in [5.41, 5.74) is 2.09. The van der Waals surface area contributed by atoms with E-state index in [0.29, 0.717) is 18.2 Å². The topological polar surface area (TPSA) is 99.8 Å². The van der Waals surface area contributed by atoms with Crippen molar-refractivity contribution in [1.29, 1.82) is 0 Å². The zero-order valence-electron chi connectivity index (χ0n) is 16.3. The van der Waals surface area contributed by atoms with Crippen LogP contribution in [-0.4, -0.2) is 55.0 Å². The molecule has 0 aromatic carbocycles. The fourth-order valence-electron chi connectivity index (χ4n) is 3.58. The Balaban J connectivity index is 1.35. The maximum atomic E-state index is 12.4. The zero-order chi connectivity index (χ0) is 19.5. The number of fused-ring (bicyclic) bond motifs is 1. The molecular weight excluding hydrogens is 358 g/mol. The second kappa shape index (κ2) is 8.05. The highest BCUT2D eigenvalue weighted by Crippen LogP contribution is 2.24. The molecule has 9 nitrogen and oxygen atoms in total. The predicted molar refractivity (Wildman–Crippen MR) is 103 cm³/mol. The Kier molecular flexibility index (Phi) is 5.34. The summed E-state index contributed by atoms with van der Waals surface area (Å²) in [5.74, 6) is 1.52. The first-order chi connectivity index (χ1) is 13.6. The third-order valence-electron chi connectivity index (χ3n) is 5.05. The number of aryl methyl sites for hydroxylation is 3. The maximum absolute atomic E-state index is 12.4. The molecule has 0 atom stereocenters. The fraction of sp³-hybridized carbons (Fsp3) is 0.526. The van der Waals surface area contributed by atoms with Gasteiger partial charge in [-0.2, -0.15) is 5.10 Å². The van der Waals surface area contributed by atoms with E-state index < -0.39 is 0 Å². The summed E-state index contributed by atoms with van der Waals surface area (Å²) in [6.07, 6.45) is 6.14. The molecule has 9 heteroatoms. The van der Waals surface area contributed by atoms with E-state index >= 15 is 0 Å². The number of carbonyl (C=O) groups is 1. The average Bonchev–Trinajstić information content (AvgIpc) is 3.27. The van der Waals surface area contributed by atoms with Crippen LogP contribution in [0.15, 0.2) is 18.6 Å². The predicted octanol–water partition coefficient (Wildman–Crippen LogP) is 1.81. The lowest BCUT2D eigenvalue weighted by atomic mass is 10.1. The number of amides is 1. The zero-order valence-corrected chi connectivity index (χ0v) is 16.3. The molecule has 0 bridgehead atoms. The molecule has 1 N–H and O–H groups in total. The van der Waals surface area contributed by atoms with Gasteiger partial charge in [-0.05, 0) is 39.2 Å². The van der Waals surface area contributed by atoms with Crippen molar-refractivity contribution in [2.24, 2.45) is 0 Å². The molecule has 3 aromatic heterocycles. The molecule has 4 rings (SSSR count). The van der Waals surface area contributed by atoms with Crippen LogP contribution in [0, 0.1) is 13.8 Å². The van der Waals surface area contributed by atoms with Gasteiger partial charge in [0.15, 0.2) is 5.65 Å². The van der Waals surface area contributed by atoms with Crippen molar-refractivity contribution in [3.63, 3.8) is 0 Å². The van der Waals surface area contributed by atoms with Gasteiger partial charge in [-0.25, -0.2) is 15.0 Å². The van der Waals surface area contributed by atoms with Crippen LogP contribution >= 0.6 is 0 Å². The normalized spacial score (nSPS) is 15.2. The van der Waals surface area contributed by atoms with E-state index in [4.69, 9.17) is 4.74 Å². The largest absolute Gasteiger partial charge is 0.381 e. The van der Waals surface area contributed by atoms with Crippen molar-refractivity contribution in [2.45, 2.75) is 45.7 Å². The van der Waals surface area contributed by atoms with Crippen LogP contribution in [-0.2, 0) is 11.3 Å². The molecular formula is C19H25N7O2. The van der Waals surface area contributed by atoms with E-state index in [-0.39, 0.29) is 5.91 Å². The van der Waals surface area contributed by atoms with Crippen molar-refractivity contribution in [2.75, 3.05) is 19.8 Å². The summed E-state index contributed by atoms with van der Waals surface area (Å²) in [5, 5.41) is 7.26. The Morgan fingerprint density at radius 3 is 2.86 bits per heavy atom. The van der Waals surface area contributed by atoms with E-state index in [9.17, 15) is 4.79 Å². The first kappa shape index (κ1) is 18.5. The second-order valence-corrected chi connectivity index (χ2v) is 7.10. The Morgan fingerprint density at radius 1 is 1.29 bits per heavy atom. The van der Waals surface area contributed by atoms with Gasteiger partial charge in [-0.3, -0.25) is 9.48 Å². The van der Waals surface area contributed by atoms with E-state index in [1.165, 1.54) is 0 Å². The number of nitrogens with zero attached hydrogens (tertiary/aromatic N) is 6. The summed E-state index contributed by atoms with van der Waals surface area (Å²) < 4.78 is 9.39. The molecule has 4 heterocycles. The van der Waals surface area contributed by atoms with Gasteiger partial charge >= 0.3 is 0 Å². The number of nitrogens with one attached hydrogen (secondary N) is 1. The number of carbonyl (C=O) groups excluding carboxylic acids is 1. The molecule has 0 aliphatic carbocycles. The molecule has 0 saturated carbocycles.